The van der Waals surface area contributed by atoms with E-state index in [-0.39, 0.29) is 5.97 Å². The Morgan fingerprint density at radius 1 is 1.00 bits per heavy atom. The fourth-order valence-electron chi connectivity index (χ4n) is 1.69. The zero-order valence-corrected chi connectivity index (χ0v) is 12.0. The van der Waals surface area contributed by atoms with E-state index >= 15 is 0 Å². The van der Waals surface area contributed by atoms with Gasteiger partial charge in [0.05, 0.1) is 6.61 Å². The lowest BCUT2D eigenvalue weighted by Crippen LogP contribution is -2.00. The Bertz CT molecular complexity index is 241. The first-order chi connectivity index (χ1) is 8.81. The third-order valence-electron chi connectivity index (χ3n) is 2.72. The summed E-state index contributed by atoms with van der Waals surface area (Å²) in [6.07, 6.45) is 17.4. The lowest BCUT2D eigenvalue weighted by molar-refractivity contribution is -0.137. The molecule has 0 aliphatic heterocycles. The van der Waals surface area contributed by atoms with Crippen LogP contribution in [0.2, 0.25) is 0 Å². The topological polar surface area (TPSA) is 26.3 Å². The Labute approximate surface area is 112 Å². The highest BCUT2D eigenvalue weighted by molar-refractivity contribution is 5.81. The van der Waals surface area contributed by atoms with Gasteiger partial charge in [-0.3, -0.25) is 0 Å². The zero-order valence-electron chi connectivity index (χ0n) is 12.0. The highest BCUT2D eigenvalue weighted by Crippen LogP contribution is 2.07. The van der Waals surface area contributed by atoms with Gasteiger partial charge in [0, 0.05) is 6.08 Å². The molecule has 0 aromatic heterocycles. The number of carbonyl (C=O) groups excluding carboxylic acids is 1. The van der Waals surface area contributed by atoms with Crippen molar-refractivity contribution in [2.75, 3.05) is 6.61 Å². The predicted molar refractivity (Wildman–Crippen MR) is 77.5 cm³/mol. The van der Waals surface area contributed by atoms with Gasteiger partial charge in [-0.15, -0.1) is 0 Å². The van der Waals surface area contributed by atoms with Crippen LogP contribution in [-0.2, 0) is 9.53 Å². The number of allylic oxidation sites excluding steroid dienone is 2. The van der Waals surface area contributed by atoms with Gasteiger partial charge in [0.2, 0.25) is 0 Å². The molecule has 0 aromatic rings. The van der Waals surface area contributed by atoms with Crippen molar-refractivity contribution in [1.82, 2.24) is 0 Å². The van der Waals surface area contributed by atoms with Crippen molar-refractivity contribution in [3.05, 3.63) is 24.3 Å². The summed E-state index contributed by atoms with van der Waals surface area (Å²) in [5.41, 5.74) is 0. The van der Waals surface area contributed by atoms with Crippen molar-refractivity contribution in [2.24, 2.45) is 0 Å². The van der Waals surface area contributed by atoms with Gasteiger partial charge < -0.3 is 4.74 Å². The van der Waals surface area contributed by atoms with Crippen LogP contribution in [0.15, 0.2) is 24.3 Å². The number of esters is 1. The fourth-order valence-corrected chi connectivity index (χ4v) is 1.69. The molecular weight excluding hydrogens is 224 g/mol. The molecule has 0 N–H and O–H groups in total. The molecule has 0 heterocycles. The molecule has 0 fully saturated rings. The third-order valence-corrected chi connectivity index (χ3v) is 2.72. The Morgan fingerprint density at radius 3 is 2.39 bits per heavy atom. The van der Waals surface area contributed by atoms with Crippen molar-refractivity contribution >= 4 is 5.97 Å². The molecule has 0 saturated carbocycles. The first-order valence-corrected chi connectivity index (χ1v) is 7.25. The van der Waals surface area contributed by atoms with E-state index in [0.29, 0.717) is 6.61 Å². The fraction of sp³-hybridized carbons (Fsp3) is 0.688. The Morgan fingerprint density at radius 2 is 1.67 bits per heavy atom. The molecule has 0 unspecified atom stereocenters. The molecule has 0 aromatic carbocycles. The number of carbonyl (C=O) groups is 1. The van der Waals surface area contributed by atoms with Gasteiger partial charge in [-0.05, 0) is 26.2 Å². The van der Waals surface area contributed by atoms with Gasteiger partial charge in [-0.2, -0.15) is 0 Å². The first kappa shape index (κ1) is 16.9. The second kappa shape index (κ2) is 14.0. The molecule has 104 valence electrons. The summed E-state index contributed by atoms with van der Waals surface area (Å²) in [5, 5.41) is 0. The molecule has 0 spiro atoms. The maximum Gasteiger partial charge on any atom is 0.330 e. The van der Waals surface area contributed by atoms with Crippen molar-refractivity contribution in [3.8, 4) is 0 Å². The van der Waals surface area contributed by atoms with E-state index in [1.54, 1.807) is 6.08 Å². The molecule has 0 saturated heterocycles. The number of rotatable bonds is 11. The van der Waals surface area contributed by atoms with Crippen LogP contribution < -0.4 is 0 Å². The van der Waals surface area contributed by atoms with E-state index < -0.39 is 0 Å². The second-order valence-electron chi connectivity index (χ2n) is 4.48. The molecular formula is C16H28O2. The summed E-state index contributed by atoms with van der Waals surface area (Å²) in [5.74, 6) is -0.248. The van der Waals surface area contributed by atoms with E-state index in [1.165, 1.54) is 44.6 Å². The average Bonchev–Trinajstić information content (AvgIpc) is 2.36. The van der Waals surface area contributed by atoms with E-state index in [0.717, 1.165) is 12.8 Å². The van der Waals surface area contributed by atoms with Gasteiger partial charge in [-0.25, -0.2) is 4.79 Å². The monoisotopic (exact) mass is 252 g/mol. The van der Waals surface area contributed by atoms with Crippen LogP contribution in [0, 0.1) is 0 Å². The molecule has 0 atom stereocenters. The minimum atomic E-state index is -0.248. The van der Waals surface area contributed by atoms with Gasteiger partial charge in [0.25, 0.3) is 0 Å². The quantitative estimate of drug-likeness (QED) is 0.228. The van der Waals surface area contributed by atoms with Crippen LogP contribution in [0.1, 0.15) is 65.2 Å². The molecule has 0 rings (SSSR count). The summed E-state index contributed by atoms with van der Waals surface area (Å²) in [6.45, 7) is 4.53. The summed E-state index contributed by atoms with van der Waals surface area (Å²) >= 11 is 0. The standard InChI is InChI=1S/C16H28O2/c1-3-5-6-7-8-9-10-11-12-13-15-18-16(17)14-4-2/h4,11-12,14H,3,5-10,13,15H2,1-2H3/b12-11+,14-4+. The molecule has 0 aliphatic rings. The zero-order chi connectivity index (χ0) is 13.5. The van der Waals surface area contributed by atoms with E-state index in [1.807, 2.05) is 6.92 Å². The number of hydrogen-bond acceptors (Lipinski definition) is 2. The minimum absolute atomic E-state index is 0.248. The van der Waals surface area contributed by atoms with E-state index in [4.69, 9.17) is 4.74 Å². The molecule has 18 heavy (non-hydrogen) atoms. The van der Waals surface area contributed by atoms with Gasteiger partial charge in [-0.1, -0.05) is 57.3 Å². The Balaban J connectivity index is 3.21. The van der Waals surface area contributed by atoms with Crippen LogP contribution in [0.4, 0.5) is 0 Å². The molecule has 0 aliphatic carbocycles. The lowest BCUT2D eigenvalue weighted by Gasteiger charge is -1.99. The largest absolute Gasteiger partial charge is 0.462 e. The molecule has 2 nitrogen and oxygen atoms in total. The van der Waals surface area contributed by atoms with Gasteiger partial charge in [0.15, 0.2) is 0 Å². The summed E-state index contributed by atoms with van der Waals surface area (Å²) in [4.78, 5) is 11.0. The molecule has 0 amide bonds. The second-order valence-corrected chi connectivity index (χ2v) is 4.48. The molecule has 0 radical (unpaired) electrons. The minimum Gasteiger partial charge on any atom is -0.462 e. The van der Waals surface area contributed by atoms with Crippen LogP contribution in [0.3, 0.4) is 0 Å². The van der Waals surface area contributed by atoms with Crippen molar-refractivity contribution in [3.63, 3.8) is 0 Å². The summed E-state index contributed by atoms with van der Waals surface area (Å²) in [7, 11) is 0. The maximum atomic E-state index is 11.0. The van der Waals surface area contributed by atoms with Crippen molar-refractivity contribution < 1.29 is 9.53 Å². The Kier molecular flexibility index (Phi) is 13.2. The smallest absolute Gasteiger partial charge is 0.330 e. The van der Waals surface area contributed by atoms with Crippen LogP contribution in [0.25, 0.3) is 0 Å². The van der Waals surface area contributed by atoms with E-state index in [2.05, 4.69) is 19.1 Å². The Hall–Kier alpha value is -1.05. The van der Waals surface area contributed by atoms with Crippen LogP contribution >= 0.6 is 0 Å². The number of unbranched alkanes of at least 4 members (excludes halogenated alkanes) is 6. The number of hydrogen-bond donors (Lipinski definition) is 0. The van der Waals surface area contributed by atoms with Crippen LogP contribution in [-0.4, -0.2) is 12.6 Å². The van der Waals surface area contributed by atoms with E-state index in [9.17, 15) is 4.79 Å². The van der Waals surface area contributed by atoms with Gasteiger partial charge >= 0.3 is 5.97 Å². The predicted octanol–water partition coefficient (Wildman–Crippen LogP) is 4.80. The average molecular weight is 252 g/mol. The van der Waals surface area contributed by atoms with Crippen molar-refractivity contribution in [1.29, 1.82) is 0 Å². The summed E-state index contributed by atoms with van der Waals surface area (Å²) < 4.78 is 4.98. The third kappa shape index (κ3) is 13.0. The van der Waals surface area contributed by atoms with Gasteiger partial charge in [0.1, 0.15) is 0 Å². The normalized spacial score (nSPS) is 11.4. The van der Waals surface area contributed by atoms with Crippen LogP contribution in [0.5, 0.6) is 0 Å². The lowest BCUT2D eigenvalue weighted by atomic mass is 10.1. The SMILES string of the molecule is C/C=C/C(=O)OCC/C=C/CCCCCCCC. The molecule has 2 heteroatoms. The highest BCUT2D eigenvalue weighted by Gasteiger charge is 1.93. The van der Waals surface area contributed by atoms with Crippen molar-refractivity contribution in [2.45, 2.75) is 65.2 Å². The highest BCUT2D eigenvalue weighted by atomic mass is 16.5. The number of ether oxygens (including phenoxy) is 1. The maximum absolute atomic E-state index is 11.0. The first-order valence-electron chi connectivity index (χ1n) is 7.25. The summed E-state index contributed by atoms with van der Waals surface area (Å²) in [6, 6.07) is 0. The molecule has 0 bridgehead atoms.